The van der Waals surface area contributed by atoms with Gasteiger partial charge in [0, 0.05) is 6.54 Å². The number of nitrogens with zero attached hydrogens (tertiary/aromatic N) is 4. The molecule has 144 valence electrons. The van der Waals surface area contributed by atoms with Crippen LogP contribution < -0.4 is 5.73 Å². The molecule has 2 atom stereocenters. The molecule has 2 amide bonds. The van der Waals surface area contributed by atoms with E-state index in [1.165, 1.54) is 6.20 Å². The van der Waals surface area contributed by atoms with Crippen LogP contribution in [0.4, 0.5) is 4.79 Å². The van der Waals surface area contributed by atoms with Gasteiger partial charge in [-0.15, -0.1) is 5.10 Å². The van der Waals surface area contributed by atoms with Crippen molar-refractivity contribution in [1.82, 2.24) is 19.9 Å². The Bertz CT molecular complexity index is 681. The summed E-state index contributed by atoms with van der Waals surface area (Å²) in [6.07, 6.45) is 1.84. The molecule has 2 rings (SSSR count). The Kier molecular flexibility index (Phi) is 5.83. The highest BCUT2D eigenvalue weighted by Crippen LogP contribution is 2.24. The lowest BCUT2D eigenvalue weighted by Gasteiger charge is -2.31. The molecule has 10 heteroatoms. The van der Waals surface area contributed by atoms with E-state index in [4.69, 9.17) is 15.2 Å². The molecule has 1 fully saturated rings. The Balaban J connectivity index is 1.98. The highest BCUT2D eigenvalue weighted by atomic mass is 16.6. The van der Waals surface area contributed by atoms with Crippen LogP contribution in [0.3, 0.4) is 0 Å². The van der Waals surface area contributed by atoms with Gasteiger partial charge >= 0.3 is 12.1 Å². The molecule has 1 saturated heterocycles. The van der Waals surface area contributed by atoms with Crippen molar-refractivity contribution in [2.24, 2.45) is 5.73 Å². The highest BCUT2D eigenvalue weighted by Gasteiger charge is 2.37. The summed E-state index contributed by atoms with van der Waals surface area (Å²) in [5.41, 5.74) is 4.45. The summed E-state index contributed by atoms with van der Waals surface area (Å²) in [6.45, 7) is 7.50. The molecule has 0 radical (unpaired) electrons. The molecule has 26 heavy (non-hydrogen) atoms. The van der Waals surface area contributed by atoms with Gasteiger partial charge in [-0.3, -0.25) is 4.79 Å². The lowest BCUT2D eigenvalue weighted by atomic mass is 10.1. The lowest BCUT2D eigenvalue weighted by Crippen LogP contribution is -2.45. The van der Waals surface area contributed by atoms with Gasteiger partial charge in [-0.2, -0.15) is 0 Å². The topological polar surface area (TPSA) is 130 Å². The van der Waals surface area contributed by atoms with Gasteiger partial charge in [0.05, 0.1) is 12.2 Å². The highest BCUT2D eigenvalue weighted by molar-refractivity contribution is 5.87. The van der Waals surface area contributed by atoms with E-state index >= 15 is 0 Å². The zero-order valence-corrected chi connectivity index (χ0v) is 15.5. The number of hydrogen-bond acceptors (Lipinski definition) is 7. The number of nitrogens with two attached hydrogens (primary N) is 1. The van der Waals surface area contributed by atoms with Crippen LogP contribution in [-0.2, 0) is 20.8 Å². The standard InChI is InChI=1S/C16H25N5O5/c1-10(12-6-5-7-21(12)15(24)26-16(2,3)4)25-14(23)11-8-20(19-18-11)9-13(17)22/h8,10,12H,5-7,9H2,1-4H3,(H2,17,22)/t10-,12+/m0/s1. The smallest absolute Gasteiger partial charge is 0.410 e. The average Bonchev–Trinajstić information content (AvgIpc) is 3.13. The van der Waals surface area contributed by atoms with Gasteiger partial charge in [-0.05, 0) is 40.5 Å². The van der Waals surface area contributed by atoms with Gasteiger partial charge in [0.1, 0.15) is 18.2 Å². The first kappa shape index (κ1) is 19.7. The van der Waals surface area contributed by atoms with Crippen LogP contribution >= 0.6 is 0 Å². The minimum Gasteiger partial charge on any atom is -0.456 e. The minimum atomic E-state index is -0.677. The zero-order valence-electron chi connectivity index (χ0n) is 15.5. The molecule has 0 aliphatic carbocycles. The molecule has 2 N–H and O–H groups in total. The molecule has 1 aromatic rings. The number of primary amides is 1. The summed E-state index contributed by atoms with van der Waals surface area (Å²) in [5, 5.41) is 7.32. The maximum Gasteiger partial charge on any atom is 0.410 e. The lowest BCUT2D eigenvalue weighted by molar-refractivity contribution is -0.118. The summed E-state index contributed by atoms with van der Waals surface area (Å²) in [4.78, 5) is 37.0. The third kappa shape index (κ3) is 5.17. The molecular formula is C16H25N5O5. The van der Waals surface area contributed by atoms with Crippen molar-refractivity contribution in [3.05, 3.63) is 11.9 Å². The molecule has 1 aliphatic rings. The zero-order chi connectivity index (χ0) is 19.5. The molecule has 0 unspecified atom stereocenters. The summed E-state index contributed by atoms with van der Waals surface area (Å²) in [5.74, 6) is -1.27. The van der Waals surface area contributed by atoms with Crippen molar-refractivity contribution in [3.8, 4) is 0 Å². The molecule has 1 aliphatic heterocycles. The van der Waals surface area contributed by atoms with Gasteiger partial charge in [-0.1, -0.05) is 5.21 Å². The van der Waals surface area contributed by atoms with Gasteiger partial charge in [0.25, 0.3) is 0 Å². The molecule has 10 nitrogen and oxygen atoms in total. The van der Waals surface area contributed by atoms with Gasteiger partial charge in [-0.25, -0.2) is 14.3 Å². The van der Waals surface area contributed by atoms with E-state index in [0.717, 1.165) is 11.1 Å². The van der Waals surface area contributed by atoms with Crippen molar-refractivity contribution < 1.29 is 23.9 Å². The summed E-state index contributed by atoms with van der Waals surface area (Å²) < 4.78 is 12.0. The number of aromatic nitrogens is 3. The number of esters is 1. The number of rotatable bonds is 5. The van der Waals surface area contributed by atoms with Crippen LogP contribution in [0.1, 0.15) is 51.0 Å². The third-order valence-corrected chi connectivity index (χ3v) is 3.83. The molecule has 0 spiro atoms. The molecular weight excluding hydrogens is 342 g/mol. The Labute approximate surface area is 151 Å². The van der Waals surface area contributed by atoms with Gasteiger partial charge in [0.2, 0.25) is 5.91 Å². The predicted molar refractivity (Wildman–Crippen MR) is 90.1 cm³/mol. The van der Waals surface area contributed by atoms with Crippen LogP contribution in [-0.4, -0.2) is 62.2 Å². The van der Waals surface area contributed by atoms with Crippen molar-refractivity contribution in [2.75, 3.05) is 6.54 Å². The largest absolute Gasteiger partial charge is 0.456 e. The van der Waals surface area contributed by atoms with E-state index in [1.54, 1.807) is 32.6 Å². The van der Waals surface area contributed by atoms with Crippen molar-refractivity contribution >= 4 is 18.0 Å². The SMILES string of the molecule is C[C@H](OC(=O)c1cn(CC(N)=O)nn1)[C@H]1CCCN1C(=O)OC(C)(C)C. The van der Waals surface area contributed by atoms with Crippen LogP contribution in [0, 0.1) is 0 Å². The number of likely N-dealkylation sites (tertiary alicyclic amines) is 1. The fourth-order valence-corrected chi connectivity index (χ4v) is 2.76. The van der Waals surface area contributed by atoms with Crippen molar-refractivity contribution in [1.29, 1.82) is 0 Å². The number of carbonyl (C=O) groups is 3. The first-order chi connectivity index (χ1) is 12.1. The fourth-order valence-electron chi connectivity index (χ4n) is 2.76. The second-order valence-corrected chi connectivity index (χ2v) is 7.26. The average molecular weight is 367 g/mol. The van der Waals surface area contributed by atoms with Crippen LogP contribution in [0.2, 0.25) is 0 Å². The van der Waals surface area contributed by atoms with E-state index in [0.29, 0.717) is 13.0 Å². The van der Waals surface area contributed by atoms with Crippen LogP contribution in [0.25, 0.3) is 0 Å². The number of amides is 2. The molecule has 2 heterocycles. The fraction of sp³-hybridized carbons (Fsp3) is 0.688. The first-order valence-electron chi connectivity index (χ1n) is 8.46. The molecule has 1 aromatic heterocycles. The second kappa shape index (κ2) is 7.71. The van der Waals surface area contributed by atoms with Gasteiger partial charge < -0.3 is 20.1 Å². The number of ether oxygens (including phenoxy) is 2. The normalized spacial score (nSPS) is 18.5. The monoisotopic (exact) mass is 367 g/mol. The Morgan fingerprint density at radius 3 is 2.69 bits per heavy atom. The van der Waals surface area contributed by atoms with Crippen molar-refractivity contribution in [3.63, 3.8) is 0 Å². The summed E-state index contributed by atoms with van der Waals surface area (Å²) in [6, 6.07) is -0.269. The van der Waals surface area contributed by atoms with E-state index in [1.807, 2.05) is 0 Å². The number of hydrogen-bond donors (Lipinski definition) is 1. The summed E-state index contributed by atoms with van der Waals surface area (Å²) >= 11 is 0. The van der Waals surface area contributed by atoms with Gasteiger partial charge in [0.15, 0.2) is 5.69 Å². The third-order valence-electron chi connectivity index (χ3n) is 3.83. The second-order valence-electron chi connectivity index (χ2n) is 7.26. The van der Waals surface area contributed by atoms with Crippen LogP contribution in [0.15, 0.2) is 6.20 Å². The maximum atomic E-state index is 12.3. The van der Waals surface area contributed by atoms with E-state index in [2.05, 4.69) is 10.3 Å². The summed E-state index contributed by atoms with van der Waals surface area (Å²) in [7, 11) is 0. The minimum absolute atomic E-state index is 0.0279. The molecule has 0 saturated carbocycles. The Morgan fingerprint density at radius 1 is 1.38 bits per heavy atom. The van der Waals surface area contributed by atoms with E-state index < -0.39 is 29.7 Å². The molecule has 0 bridgehead atoms. The predicted octanol–water partition coefficient (Wildman–Crippen LogP) is 0.708. The van der Waals surface area contributed by atoms with Crippen molar-refractivity contribution in [2.45, 2.75) is 64.8 Å². The number of carbonyl (C=O) groups excluding carboxylic acids is 3. The quantitative estimate of drug-likeness (QED) is 0.758. The van der Waals surface area contributed by atoms with E-state index in [-0.39, 0.29) is 18.3 Å². The van der Waals surface area contributed by atoms with E-state index in [9.17, 15) is 14.4 Å². The molecule has 0 aromatic carbocycles. The maximum absolute atomic E-state index is 12.3. The first-order valence-corrected chi connectivity index (χ1v) is 8.46. The Morgan fingerprint density at radius 2 is 2.08 bits per heavy atom. The Hall–Kier alpha value is -2.65. The van der Waals surface area contributed by atoms with Crippen LogP contribution in [0.5, 0.6) is 0 Å².